The lowest BCUT2D eigenvalue weighted by atomic mass is 10.3. The van der Waals surface area contributed by atoms with E-state index in [-0.39, 0.29) is 17.9 Å². The van der Waals surface area contributed by atoms with E-state index >= 15 is 0 Å². The Morgan fingerprint density at radius 3 is 2.72 bits per heavy atom. The first-order chi connectivity index (χ1) is 8.47. The Morgan fingerprint density at radius 2 is 2.11 bits per heavy atom. The minimum absolute atomic E-state index is 0.234. The lowest BCUT2D eigenvalue weighted by Gasteiger charge is -2.11. The predicted molar refractivity (Wildman–Crippen MR) is 66.5 cm³/mol. The second-order valence-corrected chi connectivity index (χ2v) is 4.15. The molecule has 0 saturated carbocycles. The molecule has 0 fully saturated rings. The van der Waals surface area contributed by atoms with Gasteiger partial charge in [-0.2, -0.15) is 0 Å². The Balaban J connectivity index is 2.69. The van der Waals surface area contributed by atoms with E-state index in [4.69, 9.17) is 4.74 Å². The van der Waals surface area contributed by atoms with Crippen LogP contribution in [0, 0.1) is 0 Å². The van der Waals surface area contributed by atoms with Crippen LogP contribution in [-0.2, 0) is 25.4 Å². The van der Waals surface area contributed by atoms with Gasteiger partial charge in [0.25, 0.3) is 5.56 Å². The van der Waals surface area contributed by atoms with Crippen LogP contribution in [0.2, 0.25) is 0 Å². The molecule has 18 heavy (non-hydrogen) atoms. The van der Waals surface area contributed by atoms with E-state index in [1.807, 2.05) is 0 Å². The van der Waals surface area contributed by atoms with Crippen molar-refractivity contribution in [3.63, 3.8) is 0 Å². The minimum Gasteiger partial charge on any atom is -0.389 e. The molecule has 0 radical (unpaired) electrons. The highest BCUT2D eigenvalue weighted by Crippen LogP contribution is 1.88. The van der Waals surface area contributed by atoms with Crippen molar-refractivity contribution in [2.45, 2.75) is 12.6 Å². The summed E-state index contributed by atoms with van der Waals surface area (Å²) in [7, 11) is 4.53. The summed E-state index contributed by atoms with van der Waals surface area (Å²) in [4.78, 5) is 23.2. The number of aryl methyl sites for hydroxylation is 1. The number of rotatable bonds is 6. The molecule has 0 aromatic carbocycles. The van der Waals surface area contributed by atoms with E-state index in [0.717, 1.165) is 4.57 Å². The van der Waals surface area contributed by atoms with Crippen LogP contribution in [0.1, 0.15) is 5.56 Å². The molecule has 0 spiro atoms. The topological polar surface area (TPSA) is 85.5 Å². The summed E-state index contributed by atoms with van der Waals surface area (Å²) < 4.78 is 7.19. The SMILES string of the molecule is COCC(O)CNCc1cn(C)c(=O)n(C)c1=O. The van der Waals surface area contributed by atoms with Gasteiger partial charge in [0.1, 0.15) is 0 Å². The Kier molecular flexibility index (Phi) is 5.26. The van der Waals surface area contributed by atoms with Gasteiger partial charge in [0.05, 0.1) is 12.7 Å². The second kappa shape index (κ2) is 6.48. The molecule has 1 aromatic heterocycles. The summed E-state index contributed by atoms with van der Waals surface area (Å²) in [5.41, 5.74) is -0.209. The van der Waals surface area contributed by atoms with Crippen LogP contribution in [0.25, 0.3) is 0 Å². The van der Waals surface area contributed by atoms with E-state index in [1.54, 1.807) is 7.05 Å². The number of hydrogen-bond acceptors (Lipinski definition) is 5. The maximum atomic E-state index is 11.8. The third-order valence-corrected chi connectivity index (χ3v) is 2.57. The zero-order valence-corrected chi connectivity index (χ0v) is 10.8. The second-order valence-electron chi connectivity index (χ2n) is 4.15. The summed E-state index contributed by atoms with van der Waals surface area (Å²) in [6, 6.07) is 0. The first kappa shape index (κ1) is 14.6. The maximum Gasteiger partial charge on any atom is 0.330 e. The number of hydrogen-bond donors (Lipinski definition) is 2. The van der Waals surface area contributed by atoms with Crippen molar-refractivity contribution in [1.29, 1.82) is 0 Å². The molecule has 1 unspecified atom stereocenters. The molecule has 0 aliphatic heterocycles. The Labute approximate surface area is 105 Å². The highest BCUT2D eigenvalue weighted by Gasteiger charge is 2.07. The molecule has 0 saturated heterocycles. The van der Waals surface area contributed by atoms with Crippen LogP contribution in [0.5, 0.6) is 0 Å². The molecule has 1 heterocycles. The van der Waals surface area contributed by atoms with Crippen molar-refractivity contribution in [3.05, 3.63) is 32.6 Å². The van der Waals surface area contributed by atoms with Gasteiger partial charge in [-0.15, -0.1) is 0 Å². The molecule has 102 valence electrons. The average molecular weight is 257 g/mol. The smallest absolute Gasteiger partial charge is 0.330 e. The maximum absolute atomic E-state index is 11.8. The highest BCUT2D eigenvalue weighted by atomic mass is 16.5. The fourth-order valence-corrected chi connectivity index (χ4v) is 1.63. The van der Waals surface area contributed by atoms with Gasteiger partial charge < -0.3 is 19.7 Å². The van der Waals surface area contributed by atoms with Crippen molar-refractivity contribution < 1.29 is 9.84 Å². The summed E-state index contributed by atoms with van der Waals surface area (Å²) in [5.74, 6) is 0. The minimum atomic E-state index is -0.619. The quantitative estimate of drug-likeness (QED) is 0.627. The van der Waals surface area contributed by atoms with Gasteiger partial charge in [-0.3, -0.25) is 9.36 Å². The Morgan fingerprint density at radius 1 is 1.44 bits per heavy atom. The molecule has 2 N–H and O–H groups in total. The van der Waals surface area contributed by atoms with Crippen LogP contribution in [0.4, 0.5) is 0 Å². The van der Waals surface area contributed by atoms with Crippen LogP contribution in [-0.4, -0.2) is 40.6 Å². The zero-order chi connectivity index (χ0) is 13.7. The van der Waals surface area contributed by atoms with Crippen LogP contribution < -0.4 is 16.6 Å². The molecular weight excluding hydrogens is 238 g/mol. The summed E-state index contributed by atoms with van der Waals surface area (Å²) in [5, 5.41) is 12.4. The molecule has 1 atom stereocenters. The molecule has 7 nitrogen and oxygen atoms in total. The van der Waals surface area contributed by atoms with Crippen molar-refractivity contribution in [2.24, 2.45) is 14.1 Å². The number of nitrogens with one attached hydrogen (secondary N) is 1. The van der Waals surface area contributed by atoms with Gasteiger partial charge in [-0.1, -0.05) is 0 Å². The van der Waals surface area contributed by atoms with Gasteiger partial charge in [0.15, 0.2) is 0 Å². The Bertz CT molecular complexity index is 506. The number of methoxy groups -OCH3 is 1. The lowest BCUT2D eigenvalue weighted by molar-refractivity contribution is 0.0644. The van der Waals surface area contributed by atoms with E-state index in [1.165, 1.54) is 24.9 Å². The summed E-state index contributed by atoms with van der Waals surface area (Å²) in [6.45, 7) is 0.847. The number of aliphatic hydroxyl groups excluding tert-OH is 1. The average Bonchev–Trinajstić information content (AvgIpc) is 2.33. The molecule has 0 aliphatic rings. The first-order valence-electron chi connectivity index (χ1n) is 5.60. The van der Waals surface area contributed by atoms with Crippen LogP contribution in [0.15, 0.2) is 15.8 Å². The summed E-state index contributed by atoms with van der Waals surface area (Å²) in [6.07, 6.45) is 0.881. The third-order valence-electron chi connectivity index (χ3n) is 2.57. The monoisotopic (exact) mass is 257 g/mol. The van der Waals surface area contributed by atoms with Gasteiger partial charge >= 0.3 is 5.69 Å². The normalized spacial score (nSPS) is 12.7. The third kappa shape index (κ3) is 3.52. The van der Waals surface area contributed by atoms with E-state index in [2.05, 4.69) is 5.32 Å². The van der Waals surface area contributed by atoms with E-state index in [9.17, 15) is 14.7 Å². The zero-order valence-electron chi connectivity index (χ0n) is 10.8. The summed E-state index contributed by atoms with van der Waals surface area (Å²) >= 11 is 0. The van der Waals surface area contributed by atoms with Crippen molar-refractivity contribution in [3.8, 4) is 0 Å². The molecule has 0 bridgehead atoms. The van der Waals surface area contributed by atoms with Gasteiger partial charge in [0, 0.05) is 46.1 Å². The van der Waals surface area contributed by atoms with Crippen molar-refractivity contribution in [1.82, 2.24) is 14.5 Å². The fourth-order valence-electron chi connectivity index (χ4n) is 1.63. The molecule has 7 heteroatoms. The number of aliphatic hydroxyl groups is 1. The Hall–Kier alpha value is -1.44. The van der Waals surface area contributed by atoms with Gasteiger partial charge in [0.2, 0.25) is 0 Å². The van der Waals surface area contributed by atoms with Gasteiger partial charge in [-0.05, 0) is 0 Å². The molecule has 1 aromatic rings. The van der Waals surface area contributed by atoms with Crippen LogP contribution >= 0.6 is 0 Å². The molecule has 0 amide bonds. The highest BCUT2D eigenvalue weighted by molar-refractivity contribution is 5.05. The fraction of sp³-hybridized carbons (Fsp3) is 0.636. The molecule has 1 rings (SSSR count). The van der Waals surface area contributed by atoms with E-state index in [0.29, 0.717) is 18.7 Å². The molecule has 0 aliphatic carbocycles. The number of nitrogens with zero attached hydrogens (tertiary/aromatic N) is 2. The van der Waals surface area contributed by atoms with E-state index < -0.39 is 6.10 Å². The van der Waals surface area contributed by atoms with Crippen LogP contribution in [0.3, 0.4) is 0 Å². The standard InChI is InChI=1S/C11H19N3O4/c1-13-6-8(10(16)14(2)11(13)17)4-12-5-9(15)7-18-3/h6,9,12,15H,4-5,7H2,1-3H3. The first-order valence-corrected chi connectivity index (χ1v) is 5.60. The predicted octanol–water partition coefficient (Wildman–Crippen LogP) is -1.82. The van der Waals surface area contributed by atoms with Crippen molar-refractivity contribution in [2.75, 3.05) is 20.3 Å². The van der Waals surface area contributed by atoms with Gasteiger partial charge in [-0.25, -0.2) is 4.79 Å². The number of aromatic nitrogens is 2. The largest absolute Gasteiger partial charge is 0.389 e. The van der Waals surface area contributed by atoms with Crippen molar-refractivity contribution >= 4 is 0 Å². The lowest BCUT2D eigenvalue weighted by Crippen LogP contribution is -2.40. The number of ether oxygens (including phenoxy) is 1. The molecular formula is C11H19N3O4.